The second-order valence-corrected chi connectivity index (χ2v) is 6.42. The van der Waals surface area contributed by atoms with Gasteiger partial charge in [-0.2, -0.15) is 16.7 Å². The Hall–Kier alpha value is -0.590. The molecule has 1 aromatic heterocycles. The Bertz CT molecular complexity index is 394. The quantitative estimate of drug-likeness (QED) is 0.834. The molecule has 1 aromatic rings. The third-order valence-corrected chi connectivity index (χ3v) is 4.64. The summed E-state index contributed by atoms with van der Waals surface area (Å²) in [5.41, 5.74) is 6.06. The highest BCUT2D eigenvalue weighted by atomic mass is 32.2. The van der Waals surface area contributed by atoms with E-state index in [1.807, 2.05) is 0 Å². The summed E-state index contributed by atoms with van der Waals surface area (Å²) in [4.78, 5) is 4.47. The van der Waals surface area contributed by atoms with Crippen LogP contribution in [-0.4, -0.2) is 29.3 Å². The van der Waals surface area contributed by atoms with Crippen molar-refractivity contribution in [1.29, 1.82) is 0 Å². The van der Waals surface area contributed by atoms with Gasteiger partial charge in [0.1, 0.15) is 6.10 Å². The molecule has 0 aliphatic heterocycles. The van der Waals surface area contributed by atoms with Crippen LogP contribution in [0.2, 0.25) is 0 Å². The molecular weight excluding hydrogens is 274 g/mol. The molecule has 1 unspecified atom stereocenters. The summed E-state index contributed by atoms with van der Waals surface area (Å²) >= 11 is 1.77. The molecule has 0 radical (unpaired) electrons. The van der Waals surface area contributed by atoms with Gasteiger partial charge in [0.05, 0.1) is 6.04 Å². The van der Waals surface area contributed by atoms with Crippen molar-refractivity contribution < 1.29 is 9.26 Å². The van der Waals surface area contributed by atoms with Gasteiger partial charge in [0.2, 0.25) is 11.7 Å². The molecule has 6 heteroatoms. The van der Waals surface area contributed by atoms with Crippen molar-refractivity contribution in [2.24, 2.45) is 11.7 Å². The first kappa shape index (κ1) is 15.8. The molecular formula is C14H25N3O2S. The molecule has 2 rings (SSSR count). The molecule has 1 heterocycles. The predicted molar refractivity (Wildman–Crippen MR) is 80.6 cm³/mol. The Morgan fingerprint density at radius 3 is 2.80 bits per heavy atom. The number of thioether (sulfide) groups is 1. The fourth-order valence-electron chi connectivity index (χ4n) is 2.83. The van der Waals surface area contributed by atoms with E-state index in [0.717, 1.165) is 12.2 Å². The van der Waals surface area contributed by atoms with E-state index in [9.17, 15) is 0 Å². The van der Waals surface area contributed by atoms with E-state index >= 15 is 0 Å². The number of aromatic nitrogens is 2. The third-order valence-electron chi connectivity index (χ3n) is 3.99. The third kappa shape index (κ3) is 3.96. The molecule has 0 spiro atoms. The minimum atomic E-state index is -0.174. The van der Waals surface area contributed by atoms with Crippen molar-refractivity contribution >= 4 is 11.8 Å². The van der Waals surface area contributed by atoms with Crippen LogP contribution in [0.1, 0.15) is 62.4 Å². The van der Waals surface area contributed by atoms with Crippen LogP contribution in [0.15, 0.2) is 4.52 Å². The van der Waals surface area contributed by atoms with Gasteiger partial charge in [-0.05, 0) is 37.2 Å². The van der Waals surface area contributed by atoms with Gasteiger partial charge in [0.25, 0.3) is 0 Å². The van der Waals surface area contributed by atoms with Gasteiger partial charge >= 0.3 is 0 Å². The van der Waals surface area contributed by atoms with Gasteiger partial charge in [-0.25, -0.2) is 0 Å². The maximum atomic E-state index is 6.06. The number of nitrogens with two attached hydrogens (primary N) is 1. The Balaban J connectivity index is 2.01. The van der Waals surface area contributed by atoms with E-state index in [2.05, 4.69) is 16.4 Å². The van der Waals surface area contributed by atoms with Crippen LogP contribution in [0.3, 0.4) is 0 Å². The number of rotatable bonds is 7. The zero-order valence-corrected chi connectivity index (χ0v) is 13.2. The Morgan fingerprint density at radius 1 is 1.40 bits per heavy atom. The van der Waals surface area contributed by atoms with Gasteiger partial charge in [0, 0.05) is 7.11 Å². The summed E-state index contributed by atoms with van der Waals surface area (Å²) in [6.45, 7) is 0. The minimum Gasteiger partial charge on any atom is -0.373 e. The maximum absolute atomic E-state index is 6.06. The molecule has 20 heavy (non-hydrogen) atoms. The predicted octanol–water partition coefficient (Wildman–Crippen LogP) is 3.09. The molecule has 114 valence electrons. The molecule has 0 bridgehead atoms. The SMILES string of the molecule is COC(c1noc([C@H](N)CCSC)n1)C1CCCCC1. The van der Waals surface area contributed by atoms with Crippen molar-refractivity contribution in [1.82, 2.24) is 10.1 Å². The average Bonchev–Trinajstić information content (AvgIpc) is 2.96. The second-order valence-electron chi connectivity index (χ2n) is 5.43. The van der Waals surface area contributed by atoms with Crippen LogP contribution in [-0.2, 0) is 4.74 Å². The largest absolute Gasteiger partial charge is 0.373 e. The van der Waals surface area contributed by atoms with Crippen LogP contribution in [0.4, 0.5) is 0 Å². The number of methoxy groups -OCH3 is 1. The maximum Gasteiger partial charge on any atom is 0.243 e. The fourth-order valence-corrected chi connectivity index (χ4v) is 3.32. The van der Waals surface area contributed by atoms with E-state index in [0.29, 0.717) is 17.6 Å². The highest BCUT2D eigenvalue weighted by molar-refractivity contribution is 7.98. The van der Waals surface area contributed by atoms with Crippen molar-refractivity contribution in [2.75, 3.05) is 19.1 Å². The summed E-state index contributed by atoms with van der Waals surface area (Å²) in [6, 6.07) is -0.174. The molecule has 0 saturated heterocycles. The van der Waals surface area contributed by atoms with Gasteiger partial charge in [-0.3, -0.25) is 0 Å². The molecule has 1 fully saturated rings. The monoisotopic (exact) mass is 299 g/mol. The first-order chi connectivity index (χ1) is 9.76. The van der Waals surface area contributed by atoms with Gasteiger partial charge in [-0.15, -0.1) is 0 Å². The van der Waals surface area contributed by atoms with Gasteiger partial charge in [-0.1, -0.05) is 24.4 Å². The Morgan fingerprint density at radius 2 is 2.15 bits per heavy atom. The summed E-state index contributed by atoms with van der Waals surface area (Å²) in [5, 5.41) is 4.09. The lowest BCUT2D eigenvalue weighted by atomic mass is 9.85. The van der Waals surface area contributed by atoms with Crippen molar-refractivity contribution in [3.05, 3.63) is 11.7 Å². The fraction of sp³-hybridized carbons (Fsp3) is 0.857. The number of ether oxygens (including phenoxy) is 1. The van der Waals surface area contributed by atoms with Gasteiger partial charge < -0.3 is 15.0 Å². The van der Waals surface area contributed by atoms with E-state index < -0.39 is 0 Å². The number of hydrogen-bond donors (Lipinski definition) is 1. The summed E-state index contributed by atoms with van der Waals surface area (Å²) in [5.74, 6) is 2.69. The Labute approximate surface area is 125 Å². The highest BCUT2D eigenvalue weighted by Gasteiger charge is 2.29. The first-order valence-corrected chi connectivity index (χ1v) is 8.76. The van der Waals surface area contributed by atoms with E-state index in [1.165, 1.54) is 32.1 Å². The zero-order valence-electron chi connectivity index (χ0n) is 12.4. The summed E-state index contributed by atoms with van der Waals surface area (Å²) < 4.78 is 10.9. The van der Waals surface area contributed by atoms with Crippen molar-refractivity contribution in [3.63, 3.8) is 0 Å². The van der Waals surface area contributed by atoms with Crippen LogP contribution < -0.4 is 5.73 Å². The number of nitrogens with zero attached hydrogens (tertiary/aromatic N) is 2. The van der Waals surface area contributed by atoms with Crippen LogP contribution in [0.5, 0.6) is 0 Å². The van der Waals surface area contributed by atoms with Crippen molar-refractivity contribution in [3.8, 4) is 0 Å². The normalized spacial score (nSPS) is 19.9. The van der Waals surface area contributed by atoms with Crippen LogP contribution in [0, 0.1) is 5.92 Å². The smallest absolute Gasteiger partial charge is 0.243 e. The topological polar surface area (TPSA) is 74.2 Å². The second kappa shape index (κ2) is 8.00. The lowest BCUT2D eigenvalue weighted by Crippen LogP contribution is -2.19. The van der Waals surface area contributed by atoms with Crippen LogP contribution >= 0.6 is 11.8 Å². The minimum absolute atomic E-state index is 0.0550. The average molecular weight is 299 g/mol. The lowest BCUT2D eigenvalue weighted by Gasteiger charge is -2.26. The summed E-state index contributed by atoms with van der Waals surface area (Å²) in [7, 11) is 1.73. The van der Waals surface area contributed by atoms with E-state index in [4.69, 9.17) is 15.0 Å². The molecule has 2 N–H and O–H groups in total. The molecule has 1 aliphatic carbocycles. The summed E-state index contributed by atoms with van der Waals surface area (Å²) in [6.07, 6.45) is 9.08. The van der Waals surface area contributed by atoms with E-state index in [1.54, 1.807) is 18.9 Å². The first-order valence-electron chi connectivity index (χ1n) is 7.37. The van der Waals surface area contributed by atoms with E-state index in [-0.39, 0.29) is 12.1 Å². The molecule has 0 amide bonds. The van der Waals surface area contributed by atoms with Gasteiger partial charge in [0.15, 0.2) is 0 Å². The van der Waals surface area contributed by atoms with Crippen LogP contribution in [0.25, 0.3) is 0 Å². The standard InChI is InChI=1S/C14H25N3O2S/c1-18-12(10-6-4-3-5-7-10)13-16-14(19-17-13)11(15)8-9-20-2/h10-12H,3-9,15H2,1-2H3/t11-,12?/m1/s1. The molecule has 2 atom stereocenters. The molecule has 1 aliphatic rings. The lowest BCUT2D eigenvalue weighted by molar-refractivity contribution is 0.0273. The molecule has 1 saturated carbocycles. The number of hydrogen-bond acceptors (Lipinski definition) is 6. The van der Waals surface area contributed by atoms with Crippen molar-refractivity contribution in [2.45, 2.75) is 50.7 Å². The highest BCUT2D eigenvalue weighted by Crippen LogP contribution is 2.35. The molecule has 0 aromatic carbocycles. The Kier molecular flexibility index (Phi) is 6.32. The molecule has 5 nitrogen and oxygen atoms in total. The zero-order chi connectivity index (χ0) is 14.4.